The maximum atomic E-state index is 6.07. The first-order valence-corrected chi connectivity index (χ1v) is 6.77. The average molecular weight is 257 g/mol. The summed E-state index contributed by atoms with van der Waals surface area (Å²) in [5.74, 6) is 0. The lowest BCUT2D eigenvalue weighted by Crippen LogP contribution is -2.30. The van der Waals surface area contributed by atoms with E-state index in [2.05, 4.69) is 17.2 Å². The highest BCUT2D eigenvalue weighted by Gasteiger charge is 2.23. The molecule has 4 heteroatoms. The predicted molar refractivity (Wildman–Crippen MR) is 78.2 cm³/mol. The molecule has 1 aromatic carbocycles. The normalized spacial score (nSPS) is 20.6. The fourth-order valence-electron chi connectivity index (χ4n) is 2.64. The molecule has 0 aliphatic carbocycles. The number of hydrogen-bond acceptors (Lipinski definition) is 4. The quantitative estimate of drug-likeness (QED) is 0.887. The molecule has 100 valence electrons. The van der Waals surface area contributed by atoms with Gasteiger partial charge in [0.25, 0.3) is 0 Å². The van der Waals surface area contributed by atoms with Gasteiger partial charge in [-0.25, -0.2) is 0 Å². The monoisotopic (exact) mass is 257 g/mol. The van der Waals surface area contributed by atoms with Crippen molar-refractivity contribution in [1.82, 2.24) is 4.98 Å². The van der Waals surface area contributed by atoms with Gasteiger partial charge in [0.15, 0.2) is 0 Å². The first-order chi connectivity index (χ1) is 9.25. The number of nitrogen functional groups attached to an aromatic ring is 1. The van der Waals surface area contributed by atoms with E-state index in [-0.39, 0.29) is 12.1 Å². The third-order valence-electron chi connectivity index (χ3n) is 3.70. The third kappa shape index (κ3) is 2.36. The second kappa shape index (κ2) is 5.05. The van der Waals surface area contributed by atoms with E-state index in [4.69, 9.17) is 10.5 Å². The number of ether oxygens (including phenoxy) is 1. The van der Waals surface area contributed by atoms with Crippen LogP contribution in [0.25, 0.3) is 10.9 Å². The summed E-state index contributed by atoms with van der Waals surface area (Å²) in [5.41, 5.74) is 8.68. The van der Waals surface area contributed by atoms with E-state index in [1.165, 1.54) is 0 Å². The van der Waals surface area contributed by atoms with Crippen molar-refractivity contribution in [3.8, 4) is 0 Å². The van der Waals surface area contributed by atoms with Crippen LogP contribution in [0.15, 0.2) is 30.5 Å². The van der Waals surface area contributed by atoms with Crippen LogP contribution >= 0.6 is 0 Å². The average Bonchev–Trinajstić information content (AvgIpc) is 2.96. The fourth-order valence-corrected chi connectivity index (χ4v) is 2.64. The summed E-state index contributed by atoms with van der Waals surface area (Å²) in [7, 11) is 0. The van der Waals surface area contributed by atoms with Gasteiger partial charge >= 0.3 is 0 Å². The van der Waals surface area contributed by atoms with Gasteiger partial charge in [0.1, 0.15) is 0 Å². The second-order valence-corrected chi connectivity index (χ2v) is 5.09. The molecule has 3 rings (SSSR count). The van der Waals surface area contributed by atoms with Crippen molar-refractivity contribution < 1.29 is 4.74 Å². The SMILES string of the molecule is CC(Nc1c(N)cnc2ccccc12)C1CCCO1. The third-order valence-corrected chi connectivity index (χ3v) is 3.70. The number of rotatable bonds is 3. The summed E-state index contributed by atoms with van der Waals surface area (Å²) in [6.07, 6.45) is 4.24. The highest BCUT2D eigenvalue weighted by atomic mass is 16.5. The lowest BCUT2D eigenvalue weighted by Gasteiger charge is -2.23. The first-order valence-electron chi connectivity index (χ1n) is 6.77. The predicted octanol–water partition coefficient (Wildman–Crippen LogP) is 2.80. The van der Waals surface area contributed by atoms with Gasteiger partial charge in [-0.05, 0) is 25.8 Å². The number of anilines is 2. The molecule has 1 saturated heterocycles. The Morgan fingerprint density at radius 1 is 1.42 bits per heavy atom. The Bertz CT molecular complexity index is 579. The van der Waals surface area contributed by atoms with Crippen LogP contribution in [0.1, 0.15) is 19.8 Å². The van der Waals surface area contributed by atoms with Crippen LogP contribution < -0.4 is 11.1 Å². The first kappa shape index (κ1) is 12.2. The van der Waals surface area contributed by atoms with Gasteiger partial charge < -0.3 is 15.8 Å². The summed E-state index contributed by atoms with van der Waals surface area (Å²) in [6, 6.07) is 8.28. The number of para-hydroxylation sites is 1. The fraction of sp³-hybridized carbons (Fsp3) is 0.400. The summed E-state index contributed by atoms with van der Waals surface area (Å²) >= 11 is 0. The van der Waals surface area contributed by atoms with Crippen LogP contribution in [0.5, 0.6) is 0 Å². The van der Waals surface area contributed by atoms with E-state index in [0.717, 1.165) is 36.0 Å². The summed E-state index contributed by atoms with van der Waals surface area (Å²) in [5, 5.41) is 4.57. The summed E-state index contributed by atoms with van der Waals surface area (Å²) in [4.78, 5) is 4.35. The Morgan fingerprint density at radius 3 is 3.05 bits per heavy atom. The molecule has 19 heavy (non-hydrogen) atoms. The Kier molecular flexibility index (Phi) is 3.25. The smallest absolute Gasteiger partial charge is 0.0774 e. The molecule has 0 amide bonds. The lowest BCUT2D eigenvalue weighted by atomic mass is 10.1. The molecule has 2 heterocycles. The van der Waals surface area contributed by atoms with E-state index in [0.29, 0.717) is 5.69 Å². The van der Waals surface area contributed by atoms with Crippen molar-refractivity contribution in [2.24, 2.45) is 0 Å². The molecular formula is C15H19N3O. The zero-order chi connectivity index (χ0) is 13.2. The molecule has 2 aromatic rings. The molecule has 1 aliphatic rings. The Hall–Kier alpha value is -1.81. The molecule has 2 atom stereocenters. The van der Waals surface area contributed by atoms with E-state index in [1.54, 1.807) is 6.20 Å². The zero-order valence-electron chi connectivity index (χ0n) is 11.1. The number of aromatic nitrogens is 1. The van der Waals surface area contributed by atoms with E-state index < -0.39 is 0 Å². The number of nitrogens with one attached hydrogen (secondary N) is 1. The molecule has 1 aliphatic heterocycles. The molecule has 1 fully saturated rings. The van der Waals surface area contributed by atoms with Gasteiger partial charge in [0.2, 0.25) is 0 Å². The van der Waals surface area contributed by atoms with Gasteiger partial charge in [-0.1, -0.05) is 18.2 Å². The number of hydrogen-bond donors (Lipinski definition) is 2. The maximum absolute atomic E-state index is 6.07. The molecule has 0 bridgehead atoms. The van der Waals surface area contributed by atoms with Crippen LogP contribution in [0, 0.1) is 0 Å². The molecular weight excluding hydrogens is 238 g/mol. The highest BCUT2D eigenvalue weighted by molar-refractivity contribution is 5.96. The van der Waals surface area contributed by atoms with Crippen molar-refractivity contribution >= 4 is 22.3 Å². The number of benzene rings is 1. The van der Waals surface area contributed by atoms with Gasteiger partial charge in [0.05, 0.1) is 29.2 Å². The van der Waals surface area contributed by atoms with Gasteiger partial charge in [-0.15, -0.1) is 0 Å². The topological polar surface area (TPSA) is 60.2 Å². The minimum Gasteiger partial charge on any atom is -0.396 e. The minimum absolute atomic E-state index is 0.246. The van der Waals surface area contributed by atoms with Crippen LogP contribution in [0.4, 0.5) is 11.4 Å². The molecule has 0 spiro atoms. The minimum atomic E-state index is 0.246. The second-order valence-electron chi connectivity index (χ2n) is 5.09. The summed E-state index contributed by atoms with van der Waals surface area (Å²) < 4.78 is 5.72. The van der Waals surface area contributed by atoms with E-state index in [1.807, 2.05) is 24.3 Å². The number of nitrogens with two attached hydrogens (primary N) is 1. The van der Waals surface area contributed by atoms with Crippen LogP contribution in [0.3, 0.4) is 0 Å². The van der Waals surface area contributed by atoms with Crippen LogP contribution in [-0.4, -0.2) is 23.7 Å². The highest BCUT2D eigenvalue weighted by Crippen LogP contribution is 2.29. The van der Waals surface area contributed by atoms with Crippen molar-refractivity contribution in [3.63, 3.8) is 0 Å². The largest absolute Gasteiger partial charge is 0.396 e. The molecule has 4 nitrogen and oxygen atoms in total. The van der Waals surface area contributed by atoms with Gasteiger partial charge in [-0.3, -0.25) is 4.98 Å². The van der Waals surface area contributed by atoms with Crippen LogP contribution in [-0.2, 0) is 4.74 Å². The number of fused-ring (bicyclic) bond motifs is 1. The van der Waals surface area contributed by atoms with Crippen molar-refractivity contribution in [1.29, 1.82) is 0 Å². The Morgan fingerprint density at radius 2 is 2.26 bits per heavy atom. The Balaban J connectivity index is 1.92. The summed E-state index contributed by atoms with van der Waals surface area (Å²) in [6.45, 7) is 3.01. The molecule has 1 aromatic heterocycles. The van der Waals surface area contributed by atoms with Crippen LogP contribution in [0.2, 0.25) is 0 Å². The zero-order valence-corrected chi connectivity index (χ0v) is 11.1. The number of nitrogens with zero attached hydrogens (tertiary/aromatic N) is 1. The van der Waals surface area contributed by atoms with Gasteiger partial charge in [0, 0.05) is 18.0 Å². The van der Waals surface area contributed by atoms with Crippen molar-refractivity contribution in [2.75, 3.05) is 17.7 Å². The van der Waals surface area contributed by atoms with Crippen molar-refractivity contribution in [3.05, 3.63) is 30.5 Å². The Labute approximate surface area is 113 Å². The van der Waals surface area contributed by atoms with E-state index in [9.17, 15) is 0 Å². The molecule has 2 unspecified atom stereocenters. The van der Waals surface area contributed by atoms with Gasteiger partial charge in [-0.2, -0.15) is 0 Å². The lowest BCUT2D eigenvalue weighted by molar-refractivity contribution is 0.0997. The van der Waals surface area contributed by atoms with Crippen molar-refractivity contribution in [2.45, 2.75) is 31.9 Å². The maximum Gasteiger partial charge on any atom is 0.0774 e. The number of pyridine rings is 1. The molecule has 3 N–H and O–H groups in total. The molecule has 0 saturated carbocycles. The molecule has 0 radical (unpaired) electrons. The standard InChI is InChI=1S/C15H19N3O/c1-10(14-7-4-8-19-14)18-15-11-5-2-3-6-13(11)17-9-12(15)16/h2-3,5-6,9-10,14H,4,7-8,16H2,1H3,(H,17,18). The van der Waals surface area contributed by atoms with E-state index >= 15 is 0 Å².